The molecular formula is C26H34N4O3. The van der Waals surface area contributed by atoms with E-state index in [0.29, 0.717) is 19.7 Å². The summed E-state index contributed by atoms with van der Waals surface area (Å²) in [7, 11) is 3.34. The Kier molecular flexibility index (Phi) is 8.18. The van der Waals surface area contributed by atoms with Crippen molar-refractivity contribution in [2.45, 2.75) is 33.2 Å². The summed E-state index contributed by atoms with van der Waals surface area (Å²) >= 11 is 0. The number of methoxy groups -OCH3 is 2. The van der Waals surface area contributed by atoms with E-state index in [1.165, 1.54) is 0 Å². The molecule has 2 aromatic rings. The van der Waals surface area contributed by atoms with E-state index in [0.717, 1.165) is 47.9 Å². The molecule has 1 fully saturated rings. The molecule has 1 aliphatic rings. The summed E-state index contributed by atoms with van der Waals surface area (Å²) in [5.74, 6) is 0.619. The van der Waals surface area contributed by atoms with Crippen LogP contribution in [0.3, 0.4) is 0 Å². The van der Waals surface area contributed by atoms with Gasteiger partial charge in [-0.05, 0) is 69.2 Å². The fourth-order valence-corrected chi connectivity index (χ4v) is 4.58. The highest BCUT2D eigenvalue weighted by Crippen LogP contribution is 2.24. The summed E-state index contributed by atoms with van der Waals surface area (Å²) in [4.78, 5) is 17.3. The maximum atomic E-state index is 13.2. The fraction of sp³-hybridized carbons (Fsp3) is 0.462. The van der Waals surface area contributed by atoms with Crippen LogP contribution in [0.25, 0.3) is 6.08 Å². The van der Waals surface area contributed by atoms with Gasteiger partial charge in [-0.15, -0.1) is 0 Å². The molecule has 0 bridgehead atoms. The zero-order valence-electron chi connectivity index (χ0n) is 20.3. The number of amides is 1. The van der Waals surface area contributed by atoms with Gasteiger partial charge in [0.25, 0.3) is 5.91 Å². The summed E-state index contributed by atoms with van der Waals surface area (Å²) in [6, 6.07) is 12.3. The quantitative estimate of drug-likeness (QED) is 0.472. The lowest BCUT2D eigenvalue weighted by molar-refractivity contribution is -0.126. The molecule has 176 valence electrons. The molecule has 1 aromatic carbocycles. The first-order valence-corrected chi connectivity index (χ1v) is 11.4. The first-order chi connectivity index (χ1) is 15.9. The molecule has 0 radical (unpaired) electrons. The van der Waals surface area contributed by atoms with Crippen molar-refractivity contribution < 1.29 is 14.3 Å². The van der Waals surface area contributed by atoms with Gasteiger partial charge in [0, 0.05) is 50.4 Å². The Morgan fingerprint density at radius 2 is 1.88 bits per heavy atom. The largest absolute Gasteiger partial charge is 0.497 e. The topological polar surface area (TPSA) is 70.7 Å². The van der Waals surface area contributed by atoms with Gasteiger partial charge in [-0.3, -0.25) is 4.79 Å². The molecule has 0 N–H and O–H groups in total. The van der Waals surface area contributed by atoms with Crippen LogP contribution in [0.15, 0.2) is 35.9 Å². The highest BCUT2D eigenvalue weighted by Gasteiger charge is 2.23. The first kappa shape index (κ1) is 24.4. The zero-order valence-corrected chi connectivity index (χ0v) is 20.3. The van der Waals surface area contributed by atoms with Gasteiger partial charge in [-0.25, -0.2) is 0 Å². The Morgan fingerprint density at radius 1 is 1.15 bits per heavy atom. The van der Waals surface area contributed by atoms with Gasteiger partial charge in [0.05, 0.1) is 19.8 Å². The van der Waals surface area contributed by atoms with Crippen molar-refractivity contribution in [1.29, 1.82) is 5.26 Å². The lowest BCUT2D eigenvalue weighted by Gasteiger charge is -2.23. The minimum Gasteiger partial charge on any atom is -0.497 e. The van der Waals surface area contributed by atoms with Crippen molar-refractivity contribution in [3.05, 3.63) is 52.9 Å². The van der Waals surface area contributed by atoms with E-state index in [2.05, 4.69) is 22.5 Å². The average Bonchev–Trinajstić information content (AvgIpc) is 2.97. The smallest absolute Gasteiger partial charge is 0.264 e. The molecule has 1 aliphatic heterocycles. The molecular weight excluding hydrogens is 416 g/mol. The second kappa shape index (κ2) is 11.1. The van der Waals surface area contributed by atoms with Gasteiger partial charge in [0.2, 0.25) is 0 Å². The summed E-state index contributed by atoms with van der Waals surface area (Å²) < 4.78 is 12.7. The van der Waals surface area contributed by atoms with Crippen LogP contribution in [0.4, 0.5) is 5.69 Å². The second-order valence-electron chi connectivity index (χ2n) is 8.50. The van der Waals surface area contributed by atoms with Gasteiger partial charge < -0.3 is 23.8 Å². The van der Waals surface area contributed by atoms with Gasteiger partial charge >= 0.3 is 0 Å². The summed E-state index contributed by atoms with van der Waals surface area (Å²) in [6.45, 7) is 9.54. The molecule has 0 aliphatic carbocycles. The van der Waals surface area contributed by atoms with E-state index >= 15 is 0 Å². The normalized spacial score (nSPS) is 15.7. The van der Waals surface area contributed by atoms with Gasteiger partial charge in [0.1, 0.15) is 17.4 Å². The minimum absolute atomic E-state index is 0.174. The highest BCUT2D eigenvalue weighted by molar-refractivity contribution is 6.01. The van der Waals surface area contributed by atoms with E-state index in [4.69, 9.17) is 9.47 Å². The number of carbonyl (C=O) groups is 1. The van der Waals surface area contributed by atoms with E-state index in [1.54, 1.807) is 25.2 Å². The molecule has 1 amide bonds. The highest BCUT2D eigenvalue weighted by atomic mass is 16.5. The number of nitriles is 1. The molecule has 33 heavy (non-hydrogen) atoms. The molecule has 3 rings (SSSR count). The number of anilines is 1. The van der Waals surface area contributed by atoms with Crippen molar-refractivity contribution in [2.75, 3.05) is 51.9 Å². The first-order valence-electron chi connectivity index (χ1n) is 11.4. The number of aryl methyl sites for hydroxylation is 1. The maximum Gasteiger partial charge on any atom is 0.264 e. The van der Waals surface area contributed by atoms with E-state index in [1.807, 2.05) is 44.2 Å². The monoisotopic (exact) mass is 450 g/mol. The number of hydrogen-bond acceptors (Lipinski definition) is 5. The second-order valence-corrected chi connectivity index (χ2v) is 8.50. The molecule has 7 heteroatoms. The van der Waals surface area contributed by atoms with Crippen LogP contribution in [0.2, 0.25) is 0 Å². The maximum absolute atomic E-state index is 13.2. The minimum atomic E-state index is -0.205. The molecule has 7 nitrogen and oxygen atoms in total. The van der Waals surface area contributed by atoms with Crippen molar-refractivity contribution in [1.82, 2.24) is 9.47 Å². The zero-order chi connectivity index (χ0) is 24.0. The molecule has 1 unspecified atom stereocenters. The number of ether oxygens (including phenoxy) is 2. The number of benzene rings is 1. The van der Waals surface area contributed by atoms with Gasteiger partial charge in [0.15, 0.2) is 0 Å². The summed E-state index contributed by atoms with van der Waals surface area (Å²) in [5.41, 5.74) is 4.29. The average molecular weight is 451 g/mol. The molecule has 1 atom stereocenters. The number of rotatable bonds is 7. The van der Waals surface area contributed by atoms with Crippen LogP contribution in [0.1, 0.15) is 36.3 Å². The van der Waals surface area contributed by atoms with Crippen LogP contribution >= 0.6 is 0 Å². The number of carbonyl (C=O) groups excluding carboxylic acids is 1. The van der Waals surface area contributed by atoms with E-state index in [9.17, 15) is 10.1 Å². The van der Waals surface area contributed by atoms with Crippen molar-refractivity contribution in [3.63, 3.8) is 0 Å². The third kappa shape index (κ3) is 5.58. The van der Waals surface area contributed by atoms with Gasteiger partial charge in [-0.2, -0.15) is 5.26 Å². The van der Waals surface area contributed by atoms with Crippen LogP contribution in [-0.2, 0) is 9.53 Å². The molecule has 1 saturated heterocycles. The van der Waals surface area contributed by atoms with Crippen molar-refractivity contribution in [2.24, 2.45) is 0 Å². The Bertz CT molecular complexity index is 1030. The third-order valence-electron chi connectivity index (χ3n) is 6.24. The molecule has 0 saturated carbocycles. The molecule has 2 heterocycles. The lowest BCUT2D eigenvalue weighted by atomic mass is 10.1. The predicted molar refractivity (Wildman–Crippen MR) is 130 cm³/mol. The summed E-state index contributed by atoms with van der Waals surface area (Å²) in [6.07, 6.45) is 2.58. The van der Waals surface area contributed by atoms with E-state index < -0.39 is 0 Å². The van der Waals surface area contributed by atoms with Crippen molar-refractivity contribution in [3.8, 4) is 11.8 Å². The third-order valence-corrected chi connectivity index (χ3v) is 6.24. The molecule has 0 spiro atoms. The van der Waals surface area contributed by atoms with Crippen LogP contribution in [-0.4, -0.2) is 62.4 Å². The van der Waals surface area contributed by atoms with Gasteiger partial charge in [-0.1, -0.05) is 0 Å². The Balaban J connectivity index is 1.74. The standard InChI is InChI=1S/C26H34N4O3/c1-19-15-22(21(3)30(19)20(2)18-32-4)16-23(17-27)26(31)29-12-6-11-28(13-14-29)24-7-9-25(33-5)10-8-24/h7-10,15-16,20H,6,11-14,18H2,1-5H3/b23-16+. The lowest BCUT2D eigenvalue weighted by Crippen LogP contribution is -2.35. The number of aromatic nitrogens is 1. The number of hydrogen-bond donors (Lipinski definition) is 0. The van der Waals surface area contributed by atoms with Crippen LogP contribution in [0.5, 0.6) is 5.75 Å². The Labute approximate surface area is 196 Å². The van der Waals surface area contributed by atoms with Crippen LogP contribution in [0, 0.1) is 25.2 Å². The molecule has 1 aromatic heterocycles. The summed E-state index contributed by atoms with van der Waals surface area (Å²) in [5, 5.41) is 9.78. The predicted octanol–water partition coefficient (Wildman–Crippen LogP) is 3.97. The van der Waals surface area contributed by atoms with Crippen molar-refractivity contribution >= 4 is 17.7 Å². The van der Waals surface area contributed by atoms with E-state index in [-0.39, 0.29) is 17.5 Å². The number of nitrogens with zero attached hydrogens (tertiary/aromatic N) is 4. The SMILES string of the molecule is COCC(C)n1c(C)cc(/C=C(\C#N)C(=O)N2CCCN(c3ccc(OC)cc3)CC2)c1C. The fourth-order valence-electron chi connectivity index (χ4n) is 4.58. The Hall–Kier alpha value is -3.24. The Morgan fingerprint density at radius 3 is 2.52 bits per heavy atom. The van der Waals surface area contributed by atoms with Crippen LogP contribution < -0.4 is 9.64 Å².